The molecule has 3 rings (SSSR count). The first-order valence-electron chi connectivity index (χ1n) is 7.94. The van der Waals surface area contributed by atoms with Crippen molar-refractivity contribution in [3.63, 3.8) is 0 Å². The zero-order valence-electron chi connectivity index (χ0n) is 14.0. The average Bonchev–Trinajstić information content (AvgIpc) is 2.88. The fraction of sp³-hybridized carbons (Fsp3) is 0.471. The number of nitrogens with one attached hydrogen (secondary N) is 2. The van der Waals surface area contributed by atoms with Gasteiger partial charge in [-0.2, -0.15) is 4.98 Å². The standard InChI is InChI=1S/C17H23N5O/c1-11-10-13(12-8-6-5-7-9-12)22-16(18-11)20-15(21-22)19-14(23)17(2,3)4/h5-9,11,13H,10H2,1-4H3,(H2,18,19,20,21,23)/t11-,13-/m0/s1. The Morgan fingerprint density at radius 2 is 2.00 bits per heavy atom. The van der Waals surface area contributed by atoms with Gasteiger partial charge in [0.25, 0.3) is 5.95 Å². The normalized spacial score (nSPS) is 20.5. The van der Waals surface area contributed by atoms with Crippen LogP contribution in [-0.4, -0.2) is 26.7 Å². The fourth-order valence-electron chi connectivity index (χ4n) is 2.65. The molecule has 23 heavy (non-hydrogen) atoms. The first-order chi connectivity index (χ1) is 10.8. The molecule has 1 aromatic carbocycles. The number of amides is 1. The van der Waals surface area contributed by atoms with Gasteiger partial charge < -0.3 is 5.32 Å². The largest absolute Gasteiger partial charge is 0.352 e. The summed E-state index contributed by atoms with van der Waals surface area (Å²) in [4.78, 5) is 16.6. The van der Waals surface area contributed by atoms with Crippen molar-refractivity contribution in [3.05, 3.63) is 35.9 Å². The van der Waals surface area contributed by atoms with E-state index in [9.17, 15) is 4.79 Å². The van der Waals surface area contributed by atoms with Gasteiger partial charge in [-0.1, -0.05) is 51.1 Å². The molecule has 6 heteroatoms. The predicted molar refractivity (Wildman–Crippen MR) is 90.4 cm³/mol. The molecule has 1 aliphatic heterocycles. The van der Waals surface area contributed by atoms with Gasteiger partial charge in [-0.15, -0.1) is 5.10 Å². The Morgan fingerprint density at radius 3 is 2.65 bits per heavy atom. The van der Waals surface area contributed by atoms with Crippen molar-refractivity contribution in [2.24, 2.45) is 5.41 Å². The highest BCUT2D eigenvalue weighted by atomic mass is 16.2. The van der Waals surface area contributed by atoms with Gasteiger partial charge in [-0.3, -0.25) is 10.1 Å². The smallest absolute Gasteiger partial charge is 0.250 e. The molecule has 2 aromatic rings. The summed E-state index contributed by atoms with van der Waals surface area (Å²) in [6.07, 6.45) is 0.924. The van der Waals surface area contributed by atoms with Gasteiger partial charge in [0.05, 0.1) is 6.04 Å². The van der Waals surface area contributed by atoms with E-state index in [1.54, 1.807) is 0 Å². The third-order valence-electron chi connectivity index (χ3n) is 3.97. The number of benzene rings is 1. The highest BCUT2D eigenvalue weighted by Crippen LogP contribution is 2.31. The summed E-state index contributed by atoms with van der Waals surface area (Å²) < 4.78 is 1.87. The molecule has 0 unspecified atom stereocenters. The minimum absolute atomic E-state index is 0.0928. The van der Waals surface area contributed by atoms with Gasteiger partial charge in [-0.05, 0) is 18.9 Å². The highest BCUT2D eigenvalue weighted by Gasteiger charge is 2.29. The van der Waals surface area contributed by atoms with Crippen LogP contribution in [0.25, 0.3) is 0 Å². The number of carbonyl (C=O) groups excluding carboxylic acids is 1. The number of hydrogen-bond acceptors (Lipinski definition) is 4. The zero-order valence-corrected chi connectivity index (χ0v) is 14.0. The first-order valence-corrected chi connectivity index (χ1v) is 7.94. The second kappa shape index (κ2) is 5.68. The summed E-state index contributed by atoms with van der Waals surface area (Å²) >= 11 is 0. The van der Waals surface area contributed by atoms with Gasteiger partial charge in [0.15, 0.2) is 0 Å². The zero-order chi connectivity index (χ0) is 16.6. The van der Waals surface area contributed by atoms with Gasteiger partial charge >= 0.3 is 0 Å². The van der Waals surface area contributed by atoms with E-state index >= 15 is 0 Å². The summed E-state index contributed by atoms with van der Waals surface area (Å²) in [6.45, 7) is 7.73. The molecule has 122 valence electrons. The quantitative estimate of drug-likeness (QED) is 0.894. The van der Waals surface area contributed by atoms with Crippen LogP contribution in [-0.2, 0) is 4.79 Å². The Morgan fingerprint density at radius 1 is 1.30 bits per heavy atom. The summed E-state index contributed by atoms with van der Waals surface area (Å²) in [6, 6.07) is 10.7. The van der Waals surface area contributed by atoms with Crippen molar-refractivity contribution >= 4 is 17.8 Å². The summed E-state index contributed by atoms with van der Waals surface area (Å²) in [5, 5.41) is 10.6. The molecule has 1 aliphatic rings. The third kappa shape index (κ3) is 3.21. The molecule has 0 bridgehead atoms. The average molecular weight is 313 g/mol. The molecule has 0 radical (unpaired) electrons. The monoisotopic (exact) mass is 313 g/mol. The maximum atomic E-state index is 12.1. The van der Waals surface area contributed by atoms with Gasteiger partial charge in [-0.25, -0.2) is 4.68 Å². The Balaban J connectivity index is 1.91. The van der Waals surface area contributed by atoms with E-state index in [0.29, 0.717) is 17.9 Å². The number of fused-ring (bicyclic) bond motifs is 1. The van der Waals surface area contributed by atoms with Crippen molar-refractivity contribution in [1.82, 2.24) is 14.8 Å². The molecule has 0 saturated carbocycles. The van der Waals surface area contributed by atoms with Crippen LogP contribution in [0.5, 0.6) is 0 Å². The second-order valence-electron chi connectivity index (χ2n) is 7.12. The number of nitrogens with zero attached hydrogens (tertiary/aromatic N) is 3. The van der Waals surface area contributed by atoms with Crippen molar-refractivity contribution in [2.75, 3.05) is 10.6 Å². The van der Waals surface area contributed by atoms with E-state index < -0.39 is 5.41 Å². The Labute approximate surface area is 136 Å². The molecule has 2 N–H and O–H groups in total. The molecule has 1 aromatic heterocycles. The maximum absolute atomic E-state index is 12.1. The molecule has 2 heterocycles. The lowest BCUT2D eigenvalue weighted by molar-refractivity contribution is -0.123. The van der Waals surface area contributed by atoms with Gasteiger partial charge in [0.2, 0.25) is 11.9 Å². The number of rotatable bonds is 2. The van der Waals surface area contributed by atoms with Crippen LogP contribution in [0.3, 0.4) is 0 Å². The number of aromatic nitrogens is 3. The lowest BCUT2D eigenvalue weighted by Crippen LogP contribution is -2.31. The topological polar surface area (TPSA) is 71.8 Å². The summed E-state index contributed by atoms with van der Waals surface area (Å²) in [5.41, 5.74) is 0.714. The van der Waals surface area contributed by atoms with Crippen LogP contribution in [0.15, 0.2) is 30.3 Å². The van der Waals surface area contributed by atoms with Crippen LogP contribution < -0.4 is 10.6 Å². The van der Waals surface area contributed by atoms with Crippen molar-refractivity contribution in [2.45, 2.75) is 46.2 Å². The van der Waals surface area contributed by atoms with Gasteiger partial charge in [0, 0.05) is 11.5 Å². The minimum Gasteiger partial charge on any atom is -0.352 e. The fourth-order valence-corrected chi connectivity index (χ4v) is 2.65. The Bertz CT molecular complexity index is 702. The lowest BCUT2D eigenvalue weighted by Gasteiger charge is -2.29. The SMILES string of the molecule is C[C@H]1C[C@@H](c2ccccc2)n2nc(NC(=O)C(C)(C)C)nc2N1. The van der Waals surface area contributed by atoms with E-state index in [2.05, 4.69) is 39.8 Å². The Kier molecular flexibility index (Phi) is 3.83. The van der Waals surface area contributed by atoms with E-state index in [0.717, 1.165) is 6.42 Å². The van der Waals surface area contributed by atoms with Crippen molar-refractivity contribution < 1.29 is 4.79 Å². The molecule has 0 saturated heterocycles. The van der Waals surface area contributed by atoms with Crippen molar-refractivity contribution in [1.29, 1.82) is 0 Å². The molecular weight excluding hydrogens is 290 g/mol. The highest BCUT2D eigenvalue weighted by molar-refractivity contribution is 5.93. The molecular formula is C17H23N5O. The van der Waals surface area contributed by atoms with Crippen LogP contribution in [0, 0.1) is 5.41 Å². The molecule has 0 spiro atoms. The van der Waals surface area contributed by atoms with E-state index in [4.69, 9.17) is 0 Å². The van der Waals surface area contributed by atoms with E-state index in [1.807, 2.05) is 43.7 Å². The van der Waals surface area contributed by atoms with Crippen LogP contribution in [0.2, 0.25) is 0 Å². The summed E-state index contributed by atoms with van der Waals surface area (Å²) in [5.74, 6) is 0.953. The number of hydrogen-bond donors (Lipinski definition) is 2. The van der Waals surface area contributed by atoms with Crippen LogP contribution in [0.1, 0.15) is 45.7 Å². The van der Waals surface area contributed by atoms with Gasteiger partial charge in [0.1, 0.15) is 0 Å². The molecule has 6 nitrogen and oxygen atoms in total. The number of carbonyl (C=O) groups is 1. The predicted octanol–water partition coefficient (Wildman–Crippen LogP) is 3.06. The van der Waals surface area contributed by atoms with Crippen molar-refractivity contribution in [3.8, 4) is 0 Å². The minimum atomic E-state index is -0.481. The first kappa shape index (κ1) is 15.5. The second-order valence-corrected chi connectivity index (χ2v) is 7.12. The molecule has 1 amide bonds. The lowest BCUT2D eigenvalue weighted by atomic mass is 9.96. The molecule has 0 fully saturated rings. The van der Waals surface area contributed by atoms with E-state index in [1.165, 1.54) is 5.56 Å². The molecule has 2 atom stereocenters. The Hall–Kier alpha value is -2.37. The third-order valence-corrected chi connectivity index (χ3v) is 3.97. The van der Waals surface area contributed by atoms with E-state index in [-0.39, 0.29) is 11.9 Å². The van der Waals surface area contributed by atoms with Crippen LogP contribution in [0.4, 0.5) is 11.9 Å². The van der Waals surface area contributed by atoms with Crippen LogP contribution >= 0.6 is 0 Å². The molecule has 0 aliphatic carbocycles. The summed E-state index contributed by atoms with van der Waals surface area (Å²) in [7, 11) is 0. The maximum Gasteiger partial charge on any atom is 0.250 e. The number of anilines is 2.